The molecule has 0 aliphatic heterocycles. The number of carbonyl (C=O) groups excluding carboxylic acids is 1. The summed E-state index contributed by atoms with van der Waals surface area (Å²) in [6.07, 6.45) is 3.45. The molecule has 1 saturated carbocycles. The molecule has 3 N–H and O–H groups in total. The summed E-state index contributed by atoms with van der Waals surface area (Å²) in [7, 11) is 0. The van der Waals surface area contributed by atoms with Gasteiger partial charge in [0.15, 0.2) is 0 Å². The van der Waals surface area contributed by atoms with E-state index in [1.54, 1.807) is 23.1 Å². The van der Waals surface area contributed by atoms with Crippen LogP contribution in [0.25, 0.3) is 0 Å². The van der Waals surface area contributed by atoms with Crippen molar-refractivity contribution in [2.24, 2.45) is 16.6 Å². The minimum absolute atomic E-state index is 0.0169. The molecule has 100 valence electrons. The van der Waals surface area contributed by atoms with Gasteiger partial charge in [-0.25, -0.2) is 0 Å². The van der Waals surface area contributed by atoms with E-state index >= 15 is 0 Å². The van der Waals surface area contributed by atoms with Gasteiger partial charge in [-0.2, -0.15) is 5.10 Å². The molecule has 5 heteroatoms. The van der Waals surface area contributed by atoms with E-state index in [0.717, 1.165) is 0 Å². The van der Waals surface area contributed by atoms with Crippen LogP contribution in [0.15, 0.2) is 18.5 Å². The molecule has 1 aliphatic rings. The van der Waals surface area contributed by atoms with E-state index in [1.165, 1.54) is 0 Å². The van der Waals surface area contributed by atoms with Gasteiger partial charge in [-0.3, -0.25) is 9.48 Å². The Hall–Kier alpha value is -1.36. The van der Waals surface area contributed by atoms with Crippen molar-refractivity contribution in [3.63, 3.8) is 0 Å². The molecule has 0 radical (unpaired) electrons. The molecular formula is C13H22N4O. The molecule has 0 saturated heterocycles. The molecule has 0 unspecified atom stereocenters. The van der Waals surface area contributed by atoms with Crippen LogP contribution in [0.4, 0.5) is 0 Å². The van der Waals surface area contributed by atoms with Crippen molar-refractivity contribution < 1.29 is 4.79 Å². The smallest absolute Gasteiger partial charge is 0.241 e. The second kappa shape index (κ2) is 4.09. The lowest BCUT2D eigenvalue weighted by Gasteiger charge is -2.62. The zero-order valence-electron chi connectivity index (χ0n) is 11.5. The van der Waals surface area contributed by atoms with Crippen LogP contribution in [0.1, 0.15) is 27.7 Å². The zero-order valence-corrected chi connectivity index (χ0v) is 11.5. The molecule has 1 aromatic rings. The predicted octanol–water partition coefficient (Wildman–Crippen LogP) is 0.761. The van der Waals surface area contributed by atoms with Crippen LogP contribution in [0, 0.1) is 10.8 Å². The molecule has 0 aromatic carbocycles. The van der Waals surface area contributed by atoms with Crippen LogP contribution in [-0.4, -0.2) is 27.8 Å². The number of rotatable bonds is 3. The topological polar surface area (TPSA) is 72.9 Å². The third-order valence-electron chi connectivity index (χ3n) is 4.26. The fraction of sp³-hybridized carbons (Fsp3) is 0.692. The largest absolute Gasteiger partial charge is 0.351 e. The molecule has 1 aromatic heterocycles. The molecule has 1 aliphatic carbocycles. The third kappa shape index (κ3) is 1.92. The van der Waals surface area contributed by atoms with Crippen LogP contribution < -0.4 is 11.1 Å². The molecule has 0 bridgehead atoms. The maximum absolute atomic E-state index is 12.0. The Morgan fingerprint density at radius 3 is 2.50 bits per heavy atom. The fourth-order valence-electron chi connectivity index (χ4n) is 3.30. The molecular weight excluding hydrogens is 228 g/mol. The first-order valence-electron chi connectivity index (χ1n) is 6.28. The molecule has 0 atom stereocenters. The summed E-state index contributed by atoms with van der Waals surface area (Å²) in [5, 5.41) is 7.11. The number of carbonyl (C=O) groups is 1. The third-order valence-corrected chi connectivity index (χ3v) is 4.26. The van der Waals surface area contributed by atoms with E-state index in [4.69, 9.17) is 5.73 Å². The maximum atomic E-state index is 12.0. The highest BCUT2D eigenvalue weighted by molar-refractivity contribution is 5.76. The Bertz CT molecular complexity index is 420. The lowest BCUT2D eigenvalue weighted by atomic mass is 9.48. The van der Waals surface area contributed by atoms with Gasteiger partial charge < -0.3 is 11.1 Å². The summed E-state index contributed by atoms with van der Waals surface area (Å²) >= 11 is 0. The van der Waals surface area contributed by atoms with Gasteiger partial charge in [0, 0.05) is 35.3 Å². The number of amides is 1. The van der Waals surface area contributed by atoms with E-state index in [9.17, 15) is 4.79 Å². The number of nitrogens with one attached hydrogen (secondary N) is 1. The first-order valence-corrected chi connectivity index (χ1v) is 6.28. The molecule has 2 rings (SSSR count). The van der Waals surface area contributed by atoms with Gasteiger partial charge in [0.1, 0.15) is 6.54 Å². The average Bonchev–Trinajstić information content (AvgIpc) is 2.77. The van der Waals surface area contributed by atoms with E-state index < -0.39 is 0 Å². The number of hydrogen-bond acceptors (Lipinski definition) is 3. The lowest BCUT2D eigenvalue weighted by Crippen LogP contribution is -2.76. The van der Waals surface area contributed by atoms with Gasteiger partial charge in [0.05, 0.1) is 0 Å². The Labute approximate surface area is 108 Å². The Kier molecular flexibility index (Phi) is 2.97. The number of nitrogens with zero attached hydrogens (tertiary/aromatic N) is 2. The van der Waals surface area contributed by atoms with Crippen molar-refractivity contribution in [2.75, 3.05) is 0 Å². The van der Waals surface area contributed by atoms with Crippen LogP contribution in [0.2, 0.25) is 0 Å². The fourth-order valence-corrected chi connectivity index (χ4v) is 3.30. The minimum atomic E-state index is -0.0662. The van der Waals surface area contributed by atoms with Crippen molar-refractivity contribution in [3.05, 3.63) is 18.5 Å². The van der Waals surface area contributed by atoms with Crippen LogP contribution in [-0.2, 0) is 11.3 Å². The van der Waals surface area contributed by atoms with E-state index in [-0.39, 0.29) is 35.4 Å². The first kappa shape index (κ1) is 13.1. The quantitative estimate of drug-likeness (QED) is 0.832. The number of aromatic nitrogens is 2. The normalized spacial score (nSPS) is 28.5. The van der Waals surface area contributed by atoms with Crippen LogP contribution >= 0.6 is 0 Å². The lowest BCUT2D eigenvalue weighted by molar-refractivity contribution is -0.132. The van der Waals surface area contributed by atoms with E-state index in [0.29, 0.717) is 0 Å². The van der Waals surface area contributed by atoms with Crippen molar-refractivity contribution in [1.29, 1.82) is 0 Å². The van der Waals surface area contributed by atoms with Crippen LogP contribution in [0.3, 0.4) is 0 Å². The molecule has 1 amide bonds. The second-order valence-electron chi connectivity index (χ2n) is 6.32. The van der Waals surface area contributed by atoms with Gasteiger partial charge in [0.25, 0.3) is 0 Å². The molecule has 18 heavy (non-hydrogen) atoms. The van der Waals surface area contributed by atoms with Crippen molar-refractivity contribution in [3.8, 4) is 0 Å². The van der Waals surface area contributed by atoms with Gasteiger partial charge in [-0.05, 0) is 6.07 Å². The summed E-state index contributed by atoms with van der Waals surface area (Å²) < 4.78 is 1.62. The van der Waals surface area contributed by atoms with Crippen molar-refractivity contribution >= 4 is 5.91 Å². The number of hydrogen-bond donors (Lipinski definition) is 2. The molecule has 1 heterocycles. The summed E-state index contributed by atoms with van der Waals surface area (Å²) in [4.78, 5) is 12.0. The van der Waals surface area contributed by atoms with Gasteiger partial charge in [-0.15, -0.1) is 0 Å². The molecule has 5 nitrogen and oxygen atoms in total. The van der Waals surface area contributed by atoms with E-state index in [1.807, 2.05) is 0 Å². The second-order valence-corrected chi connectivity index (χ2v) is 6.32. The average molecular weight is 250 g/mol. The highest BCUT2D eigenvalue weighted by atomic mass is 16.2. The van der Waals surface area contributed by atoms with Gasteiger partial charge in [-0.1, -0.05) is 27.7 Å². The van der Waals surface area contributed by atoms with Gasteiger partial charge in [0.2, 0.25) is 5.91 Å². The predicted molar refractivity (Wildman–Crippen MR) is 69.7 cm³/mol. The monoisotopic (exact) mass is 250 g/mol. The molecule has 1 fully saturated rings. The summed E-state index contributed by atoms with van der Waals surface area (Å²) in [6.45, 7) is 8.65. The Morgan fingerprint density at radius 1 is 1.39 bits per heavy atom. The molecule has 0 spiro atoms. The van der Waals surface area contributed by atoms with Crippen molar-refractivity contribution in [1.82, 2.24) is 15.1 Å². The highest BCUT2D eigenvalue weighted by Crippen LogP contribution is 2.52. The summed E-state index contributed by atoms with van der Waals surface area (Å²) in [6, 6.07) is 2.00. The maximum Gasteiger partial charge on any atom is 0.241 e. The summed E-state index contributed by atoms with van der Waals surface area (Å²) in [5.74, 6) is -0.0169. The highest BCUT2D eigenvalue weighted by Gasteiger charge is 2.60. The van der Waals surface area contributed by atoms with Gasteiger partial charge >= 0.3 is 0 Å². The van der Waals surface area contributed by atoms with E-state index in [2.05, 4.69) is 38.1 Å². The number of nitrogens with two attached hydrogens (primary N) is 1. The Morgan fingerprint density at radius 2 is 2.00 bits per heavy atom. The first-order chi connectivity index (χ1) is 8.26. The standard InChI is InChI=1S/C13H22N4O/c1-12(2)10(14)13(3,4)11(12)16-9(18)8-17-7-5-6-15-17/h5-7,10-11H,8,14H2,1-4H3,(H,16,18). The Balaban J connectivity index is 1.99. The SMILES string of the molecule is CC1(C)C(N)C(C)(C)C1NC(=O)Cn1cccn1. The zero-order chi connectivity index (χ0) is 13.6. The minimum Gasteiger partial charge on any atom is -0.351 e. The summed E-state index contributed by atoms with van der Waals surface area (Å²) in [5.41, 5.74) is 6.03. The van der Waals surface area contributed by atoms with Crippen LogP contribution in [0.5, 0.6) is 0 Å². The van der Waals surface area contributed by atoms with Crippen molar-refractivity contribution in [2.45, 2.75) is 46.3 Å².